The molecule has 0 saturated carbocycles. The van der Waals surface area contributed by atoms with Gasteiger partial charge in [-0.2, -0.15) is 0 Å². The lowest BCUT2D eigenvalue weighted by molar-refractivity contribution is 0.715. The summed E-state index contributed by atoms with van der Waals surface area (Å²) in [5.74, 6) is 4.14. The van der Waals surface area contributed by atoms with Crippen LogP contribution in [0.2, 0.25) is 0 Å². The predicted octanol–water partition coefficient (Wildman–Crippen LogP) is 10.8. The molecule has 0 amide bonds. The molecule has 0 spiro atoms. The molecule has 6 aromatic rings. The maximum absolute atomic E-state index is 4.75. The molecule has 0 saturated heterocycles. The molecule has 2 aliphatic heterocycles. The van der Waals surface area contributed by atoms with Crippen LogP contribution in [0.1, 0.15) is 115 Å². The third kappa shape index (κ3) is 9.86. The molecule has 284 valence electrons. The van der Waals surface area contributed by atoms with E-state index in [4.69, 9.17) is 9.97 Å². The molecule has 2 aliphatic rings. The quantitative estimate of drug-likeness (QED) is 0.174. The third-order valence-electron chi connectivity index (χ3n) is 8.59. The average Bonchev–Trinajstić information content (AvgIpc) is 3.77. The van der Waals surface area contributed by atoms with E-state index in [-0.39, 0.29) is 0 Å². The lowest BCUT2D eigenvalue weighted by Gasteiger charge is -2.24. The van der Waals surface area contributed by atoms with Gasteiger partial charge in [0.2, 0.25) is 0 Å². The van der Waals surface area contributed by atoms with E-state index in [1.807, 2.05) is 81.6 Å². The highest BCUT2D eigenvalue weighted by Crippen LogP contribution is 2.39. The molecule has 2 aromatic carbocycles. The van der Waals surface area contributed by atoms with Crippen LogP contribution >= 0.6 is 0 Å². The van der Waals surface area contributed by atoms with E-state index in [9.17, 15) is 0 Å². The van der Waals surface area contributed by atoms with Crippen LogP contribution in [0.25, 0.3) is 23.3 Å². The van der Waals surface area contributed by atoms with Crippen molar-refractivity contribution in [2.75, 3.05) is 9.80 Å². The molecule has 10 heteroatoms. The van der Waals surface area contributed by atoms with Crippen molar-refractivity contribution in [2.24, 2.45) is 0 Å². The topological polar surface area (TPSA) is 110 Å². The van der Waals surface area contributed by atoms with Crippen molar-refractivity contribution in [3.8, 4) is 23.3 Å². The zero-order valence-electron chi connectivity index (χ0n) is 34.3. The fourth-order valence-electron chi connectivity index (χ4n) is 6.16. The molecule has 0 aliphatic carbocycles. The second kappa shape index (κ2) is 21.8. The van der Waals surface area contributed by atoms with Crippen LogP contribution in [0.3, 0.4) is 0 Å². The normalized spacial score (nSPS) is 14.4. The summed E-state index contributed by atoms with van der Waals surface area (Å²) in [7, 11) is 0. The summed E-state index contributed by atoms with van der Waals surface area (Å²) in [5, 5.41) is 0. The zero-order chi connectivity index (χ0) is 39.6. The minimum Gasteiger partial charge on any atom is -0.345 e. The van der Waals surface area contributed by atoms with Crippen molar-refractivity contribution in [2.45, 2.75) is 108 Å². The number of aromatic nitrogens is 8. The summed E-state index contributed by atoms with van der Waals surface area (Å²) in [6, 6.07) is 21.3. The van der Waals surface area contributed by atoms with Crippen molar-refractivity contribution in [3.05, 3.63) is 131 Å². The number of hydrogen-bond acceptors (Lipinski definition) is 10. The van der Waals surface area contributed by atoms with Crippen LogP contribution in [-0.4, -0.2) is 39.9 Å². The molecular weight excluding hydrogens is 669 g/mol. The lowest BCUT2D eigenvalue weighted by Crippen LogP contribution is -2.21. The first kappa shape index (κ1) is 42.8. The zero-order valence-corrected chi connectivity index (χ0v) is 34.3. The van der Waals surface area contributed by atoms with Gasteiger partial charge in [0.05, 0.1) is 12.1 Å². The Hall–Kier alpha value is -5.64. The first-order chi connectivity index (χ1) is 26.5. The van der Waals surface area contributed by atoms with Crippen LogP contribution in [0, 0.1) is 13.8 Å². The Morgan fingerprint density at radius 2 is 0.778 bits per heavy atom. The monoisotopic (exact) mass is 726 g/mol. The van der Waals surface area contributed by atoms with Gasteiger partial charge in [0.1, 0.15) is 11.6 Å². The fraction of sp³-hybridized carbons (Fsp3) is 0.364. The maximum atomic E-state index is 4.75. The molecule has 8 rings (SSSR count). The van der Waals surface area contributed by atoms with Gasteiger partial charge < -0.3 is 9.80 Å². The SMILES string of the molecule is CC.CC.CC.CC.Cc1cnc(-c2ncccn2)nc1N1Cc2ccccc2C1C.Cc1cnc(-c2ncccn2)nc1N1Cc2ccccc2C1C. The Labute approximate surface area is 323 Å². The molecule has 0 bridgehead atoms. The highest BCUT2D eigenvalue weighted by molar-refractivity contribution is 5.58. The number of anilines is 2. The molecule has 6 heterocycles. The van der Waals surface area contributed by atoms with Gasteiger partial charge in [0.15, 0.2) is 23.3 Å². The molecule has 10 nitrogen and oxygen atoms in total. The maximum Gasteiger partial charge on any atom is 0.199 e. The van der Waals surface area contributed by atoms with Crippen LogP contribution < -0.4 is 9.80 Å². The van der Waals surface area contributed by atoms with E-state index in [2.05, 4.69) is 102 Å². The first-order valence-electron chi connectivity index (χ1n) is 19.4. The fourth-order valence-corrected chi connectivity index (χ4v) is 6.16. The summed E-state index contributed by atoms with van der Waals surface area (Å²) in [4.78, 5) is 39.9. The summed E-state index contributed by atoms with van der Waals surface area (Å²) >= 11 is 0. The smallest absolute Gasteiger partial charge is 0.199 e. The molecule has 0 fully saturated rings. The standard InChI is InChI=1S/2C18H17N5.4C2H6/c2*1-12-10-21-17(16-19-8-5-9-20-16)22-18(12)23-11-14-6-3-4-7-15(14)13(23)2;4*1-2/h2*3-10,13H,11H2,1-2H3;4*1-2H3. The number of fused-ring (bicyclic) bond motifs is 2. The van der Waals surface area contributed by atoms with E-state index in [0.717, 1.165) is 35.9 Å². The molecule has 54 heavy (non-hydrogen) atoms. The van der Waals surface area contributed by atoms with Crippen LogP contribution in [0.4, 0.5) is 11.6 Å². The van der Waals surface area contributed by atoms with E-state index >= 15 is 0 Å². The number of aryl methyl sites for hydroxylation is 2. The summed E-state index contributed by atoms with van der Waals surface area (Å²) in [5.41, 5.74) is 7.56. The van der Waals surface area contributed by atoms with Crippen LogP contribution in [-0.2, 0) is 13.1 Å². The van der Waals surface area contributed by atoms with Gasteiger partial charge >= 0.3 is 0 Å². The van der Waals surface area contributed by atoms with Gasteiger partial charge in [-0.25, -0.2) is 39.9 Å². The highest BCUT2D eigenvalue weighted by Gasteiger charge is 2.30. The van der Waals surface area contributed by atoms with Gasteiger partial charge in [-0.15, -0.1) is 0 Å². The number of hydrogen-bond donors (Lipinski definition) is 0. The molecule has 2 unspecified atom stereocenters. The minimum absolute atomic E-state index is 0.296. The van der Waals surface area contributed by atoms with Gasteiger partial charge in [-0.05, 0) is 62.1 Å². The van der Waals surface area contributed by atoms with Gasteiger partial charge in [0, 0.05) is 61.4 Å². The lowest BCUT2D eigenvalue weighted by atomic mass is 10.1. The highest BCUT2D eigenvalue weighted by atomic mass is 15.2. The number of rotatable bonds is 4. The average molecular weight is 727 g/mol. The Kier molecular flexibility index (Phi) is 17.3. The van der Waals surface area contributed by atoms with E-state index in [1.54, 1.807) is 36.9 Å². The second-order valence-electron chi connectivity index (χ2n) is 11.6. The largest absolute Gasteiger partial charge is 0.345 e. The van der Waals surface area contributed by atoms with Crippen molar-refractivity contribution < 1.29 is 0 Å². The minimum atomic E-state index is 0.296. The van der Waals surface area contributed by atoms with E-state index < -0.39 is 0 Å². The Bertz CT molecular complexity index is 1840. The molecular formula is C44H58N10. The van der Waals surface area contributed by atoms with Gasteiger partial charge in [-0.1, -0.05) is 104 Å². The van der Waals surface area contributed by atoms with Crippen molar-refractivity contribution in [3.63, 3.8) is 0 Å². The molecule has 2 atom stereocenters. The Morgan fingerprint density at radius 3 is 1.11 bits per heavy atom. The Morgan fingerprint density at radius 1 is 0.444 bits per heavy atom. The van der Waals surface area contributed by atoms with Gasteiger partial charge in [0.25, 0.3) is 0 Å². The second-order valence-corrected chi connectivity index (χ2v) is 11.6. The van der Waals surface area contributed by atoms with Crippen molar-refractivity contribution in [1.82, 2.24) is 39.9 Å². The Balaban J connectivity index is 0.000000246. The summed E-state index contributed by atoms with van der Waals surface area (Å²) < 4.78 is 0. The number of nitrogens with zero attached hydrogens (tertiary/aromatic N) is 10. The van der Waals surface area contributed by atoms with Crippen molar-refractivity contribution in [1.29, 1.82) is 0 Å². The molecule has 4 aromatic heterocycles. The van der Waals surface area contributed by atoms with Gasteiger partial charge in [-0.3, -0.25) is 0 Å². The van der Waals surface area contributed by atoms with Crippen LogP contribution in [0.15, 0.2) is 97.8 Å². The van der Waals surface area contributed by atoms with E-state index in [0.29, 0.717) is 35.4 Å². The third-order valence-corrected chi connectivity index (χ3v) is 8.59. The number of benzene rings is 2. The first-order valence-corrected chi connectivity index (χ1v) is 19.4. The van der Waals surface area contributed by atoms with E-state index in [1.165, 1.54) is 22.3 Å². The molecule has 0 radical (unpaired) electrons. The van der Waals surface area contributed by atoms with Crippen molar-refractivity contribution >= 4 is 11.6 Å². The predicted molar refractivity (Wildman–Crippen MR) is 223 cm³/mol. The summed E-state index contributed by atoms with van der Waals surface area (Å²) in [6.45, 7) is 26.2. The molecule has 0 N–H and O–H groups in total. The van der Waals surface area contributed by atoms with Crippen LogP contribution in [0.5, 0.6) is 0 Å². The summed E-state index contributed by atoms with van der Waals surface area (Å²) in [6.07, 6.45) is 10.5.